The van der Waals surface area contributed by atoms with Crippen LogP contribution in [0.1, 0.15) is 11.6 Å². The fourth-order valence-electron chi connectivity index (χ4n) is 1.02. The van der Waals surface area contributed by atoms with E-state index < -0.39 is 39.6 Å². The van der Waals surface area contributed by atoms with E-state index in [1.807, 2.05) is 0 Å². The lowest BCUT2D eigenvalue weighted by Crippen LogP contribution is -2.28. The lowest BCUT2D eigenvalue weighted by molar-refractivity contribution is -0.149. The van der Waals surface area contributed by atoms with Gasteiger partial charge in [0.15, 0.2) is 11.6 Å². The summed E-state index contributed by atoms with van der Waals surface area (Å²) in [7, 11) is 0. The van der Waals surface area contributed by atoms with Crippen LogP contribution in [0, 0.1) is 11.6 Å². The summed E-state index contributed by atoms with van der Waals surface area (Å²) in [6, 6.07) is -2.00. The smallest absolute Gasteiger partial charge is 0.407 e. The van der Waals surface area contributed by atoms with Gasteiger partial charge in [0.1, 0.15) is 6.04 Å². The molecule has 0 aliphatic rings. The molecule has 0 aliphatic heterocycles. The van der Waals surface area contributed by atoms with E-state index >= 15 is 0 Å². The highest BCUT2D eigenvalue weighted by molar-refractivity contribution is 9.10. The van der Waals surface area contributed by atoms with Crippen LogP contribution in [0.2, 0.25) is 0 Å². The molecule has 1 aromatic carbocycles. The molecule has 0 bridgehead atoms. The summed E-state index contributed by atoms with van der Waals surface area (Å²) in [5.41, 5.74) is 3.83. The van der Waals surface area contributed by atoms with E-state index in [2.05, 4.69) is 15.9 Å². The van der Waals surface area contributed by atoms with Crippen molar-refractivity contribution < 1.29 is 27.1 Å². The number of halogens is 6. The molecular weight excluding hydrogens is 301 g/mol. The molecule has 2 nitrogen and oxygen atoms in total. The zero-order valence-corrected chi connectivity index (χ0v) is 9.03. The quantitative estimate of drug-likeness (QED) is 0.619. The van der Waals surface area contributed by atoms with Crippen LogP contribution in [0.4, 0.5) is 22.0 Å². The van der Waals surface area contributed by atoms with E-state index in [0.717, 1.165) is 0 Å². The molecule has 0 radical (unpaired) electrons. The SMILES string of the molecule is N[C@@H](c1cc(Br)c(F)c(F)c1O)C(F)(F)F. The molecule has 0 saturated heterocycles. The number of hydrogen-bond donors (Lipinski definition) is 2. The van der Waals surface area contributed by atoms with Crippen molar-refractivity contribution in [3.8, 4) is 5.75 Å². The van der Waals surface area contributed by atoms with Gasteiger partial charge in [0, 0.05) is 5.56 Å². The van der Waals surface area contributed by atoms with Crippen molar-refractivity contribution in [1.29, 1.82) is 0 Å². The van der Waals surface area contributed by atoms with Gasteiger partial charge in [-0.2, -0.15) is 17.6 Å². The monoisotopic (exact) mass is 305 g/mol. The third kappa shape index (κ3) is 2.27. The largest absolute Gasteiger partial charge is 0.505 e. The van der Waals surface area contributed by atoms with E-state index in [1.165, 1.54) is 0 Å². The molecule has 90 valence electrons. The fourth-order valence-corrected chi connectivity index (χ4v) is 1.44. The second kappa shape index (κ2) is 4.17. The van der Waals surface area contributed by atoms with E-state index in [4.69, 9.17) is 10.8 Å². The van der Waals surface area contributed by atoms with Gasteiger partial charge in [0.25, 0.3) is 0 Å². The lowest BCUT2D eigenvalue weighted by Gasteiger charge is -2.17. The fraction of sp³-hybridized carbons (Fsp3) is 0.250. The molecule has 0 aromatic heterocycles. The number of phenols is 1. The summed E-state index contributed by atoms with van der Waals surface area (Å²) in [5, 5.41) is 9.02. The summed E-state index contributed by atoms with van der Waals surface area (Å²) >= 11 is 2.52. The highest BCUT2D eigenvalue weighted by Gasteiger charge is 2.40. The predicted octanol–water partition coefficient (Wildman–Crippen LogP) is 2.99. The first-order valence-electron chi connectivity index (χ1n) is 3.85. The van der Waals surface area contributed by atoms with E-state index in [1.54, 1.807) is 0 Å². The second-order valence-corrected chi connectivity index (χ2v) is 3.80. The van der Waals surface area contributed by atoms with Gasteiger partial charge >= 0.3 is 6.18 Å². The first-order valence-corrected chi connectivity index (χ1v) is 4.64. The molecule has 0 unspecified atom stereocenters. The maximum atomic E-state index is 12.9. The van der Waals surface area contributed by atoms with Crippen molar-refractivity contribution in [3.63, 3.8) is 0 Å². The van der Waals surface area contributed by atoms with Gasteiger partial charge in [-0.15, -0.1) is 0 Å². The Hall–Kier alpha value is -0.890. The van der Waals surface area contributed by atoms with E-state index in [0.29, 0.717) is 6.07 Å². The molecule has 0 heterocycles. The summed E-state index contributed by atoms with van der Waals surface area (Å²) in [6.45, 7) is 0. The Morgan fingerprint density at radius 1 is 1.25 bits per heavy atom. The van der Waals surface area contributed by atoms with Gasteiger partial charge in [-0.3, -0.25) is 0 Å². The number of aromatic hydroxyl groups is 1. The van der Waals surface area contributed by atoms with Crippen LogP contribution < -0.4 is 5.73 Å². The number of nitrogens with two attached hydrogens (primary N) is 1. The standard InChI is InChI=1S/C8H5BrF5NO/c9-3-1-2(7(15)8(12,13)14)6(16)5(11)4(3)10/h1,7,16H,15H2/t7-/m0/s1. The Balaban J connectivity index is 3.36. The van der Waals surface area contributed by atoms with E-state index in [-0.39, 0.29) is 0 Å². The van der Waals surface area contributed by atoms with Gasteiger partial charge in [-0.25, -0.2) is 4.39 Å². The topological polar surface area (TPSA) is 46.2 Å². The average molecular weight is 306 g/mol. The molecule has 0 fully saturated rings. The first kappa shape index (κ1) is 13.2. The second-order valence-electron chi connectivity index (χ2n) is 2.94. The first-order chi connectivity index (χ1) is 7.16. The number of alkyl halides is 3. The van der Waals surface area contributed by atoms with Crippen LogP contribution in [0.3, 0.4) is 0 Å². The van der Waals surface area contributed by atoms with Crippen LogP contribution in [-0.4, -0.2) is 11.3 Å². The number of rotatable bonds is 1. The molecule has 0 spiro atoms. The van der Waals surface area contributed by atoms with Gasteiger partial charge in [-0.1, -0.05) is 0 Å². The Morgan fingerprint density at radius 3 is 2.19 bits per heavy atom. The van der Waals surface area contributed by atoms with Crippen LogP contribution in [0.15, 0.2) is 10.5 Å². The highest BCUT2D eigenvalue weighted by atomic mass is 79.9. The number of phenolic OH excluding ortho intramolecular Hbond substituents is 1. The minimum Gasteiger partial charge on any atom is -0.505 e. The summed E-state index contributed by atoms with van der Waals surface area (Å²) < 4.78 is 61.8. The zero-order chi connectivity index (χ0) is 12.7. The average Bonchev–Trinajstić information content (AvgIpc) is 2.18. The molecule has 16 heavy (non-hydrogen) atoms. The van der Waals surface area contributed by atoms with Crippen molar-refractivity contribution in [2.24, 2.45) is 5.73 Å². The zero-order valence-electron chi connectivity index (χ0n) is 7.45. The summed E-state index contributed by atoms with van der Waals surface area (Å²) in [4.78, 5) is 0. The molecule has 3 N–H and O–H groups in total. The molecule has 0 saturated carbocycles. The lowest BCUT2D eigenvalue weighted by atomic mass is 10.1. The van der Waals surface area contributed by atoms with Crippen molar-refractivity contribution in [2.75, 3.05) is 0 Å². The maximum Gasteiger partial charge on any atom is 0.407 e. The third-order valence-corrected chi connectivity index (χ3v) is 2.43. The maximum absolute atomic E-state index is 12.9. The van der Waals surface area contributed by atoms with Crippen molar-refractivity contribution in [2.45, 2.75) is 12.2 Å². The molecule has 0 amide bonds. The molecule has 8 heteroatoms. The van der Waals surface area contributed by atoms with Crippen molar-refractivity contribution >= 4 is 15.9 Å². The van der Waals surface area contributed by atoms with Crippen LogP contribution in [0.5, 0.6) is 5.75 Å². The van der Waals surface area contributed by atoms with Crippen LogP contribution >= 0.6 is 15.9 Å². The number of hydrogen-bond acceptors (Lipinski definition) is 2. The summed E-state index contributed by atoms with van der Waals surface area (Å²) in [5.74, 6) is -4.69. The predicted molar refractivity (Wildman–Crippen MR) is 48.7 cm³/mol. The Kier molecular flexibility index (Phi) is 3.44. The molecular formula is C8H5BrF5NO. The van der Waals surface area contributed by atoms with Crippen molar-refractivity contribution in [1.82, 2.24) is 0 Å². The Morgan fingerprint density at radius 2 is 1.75 bits per heavy atom. The normalized spacial score (nSPS) is 13.9. The highest BCUT2D eigenvalue weighted by Crippen LogP contribution is 2.38. The van der Waals surface area contributed by atoms with Gasteiger partial charge in [0.05, 0.1) is 4.47 Å². The van der Waals surface area contributed by atoms with Crippen LogP contribution in [0.25, 0.3) is 0 Å². The minimum absolute atomic E-state index is 0.544. The summed E-state index contributed by atoms with van der Waals surface area (Å²) in [6.07, 6.45) is -4.86. The number of benzene rings is 1. The van der Waals surface area contributed by atoms with Gasteiger partial charge in [0.2, 0.25) is 5.82 Å². The molecule has 1 atom stereocenters. The van der Waals surface area contributed by atoms with Crippen molar-refractivity contribution in [3.05, 3.63) is 27.7 Å². The van der Waals surface area contributed by atoms with Gasteiger partial charge < -0.3 is 10.8 Å². The minimum atomic E-state index is -4.86. The van der Waals surface area contributed by atoms with Gasteiger partial charge in [-0.05, 0) is 22.0 Å². The molecule has 0 aliphatic carbocycles. The van der Waals surface area contributed by atoms with Crippen LogP contribution in [-0.2, 0) is 0 Å². The molecule has 1 aromatic rings. The Labute approximate surface area is 95.0 Å². The molecule has 1 rings (SSSR count). The Bertz CT molecular complexity index is 420. The third-order valence-electron chi connectivity index (χ3n) is 1.85. The van der Waals surface area contributed by atoms with E-state index in [9.17, 15) is 22.0 Å².